The van der Waals surface area contributed by atoms with E-state index >= 15 is 0 Å². The van der Waals surface area contributed by atoms with Crippen LogP contribution in [0.1, 0.15) is 26.7 Å². The number of likely N-dealkylation sites (tertiary alicyclic amines) is 1. The fraction of sp³-hybridized carbons (Fsp3) is 0.923. The Morgan fingerprint density at radius 2 is 2.24 bits per heavy atom. The Hall–Kier alpha value is -0.610. The van der Waals surface area contributed by atoms with Crippen molar-refractivity contribution in [2.24, 2.45) is 17.8 Å². The normalized spacial score (nSPS) is 23.2. The molecule has 4 heteroatoms. The summed E-state index contributed by atoms with van der Waals surface area (Å²) in [6, 6.07) is 0. The van der Waals surface area contributed by atoms with Crippen LogP contribution in [0.5, 0.6) is 0 Å². The van der Waals surface area contributed by atoms with E-state index in [4.69, 9.17) is 5.11 Å². The Labute approximate surface area is 104 Å². The molecule has 0 aromatic carbocycles. The van der Waals surface area contributed by atoms with Gasteiger partial charge in [0.05, 0.1) is 5.92 Å². The molecule has 0 radical (unpaired) electrons. The molecule has 0 aromatic heterocycles. The topological polar surface area (TPSA) is 52.6 Å². The first-order valence-electron chi connectivity index (χ1n) is 6.62. The fourth-order valence-electron chi connectivity index (χ4n) is 2.43. The average Bonchev–Trinajstić information content (AvgIpc) is 2.62. The summed E-state index contributed by atoms with van der Waals surface area (Å²) >= 11 is 0. The molecule has 0 spiro atoms. The van der Waals surface area contributed by atoms with Gasteiger partial charge in [-0.15, -0.1) is 0 Å². The highest BCUT2D eigenvalue weighted by atomic mass is 16.4. The minimum absolute atomic E-state index is 0.192. The van der Waals surface area contributed by atoms with Crippen LogP contribution in [-0.2, 0) is 4.79 Å². The summed E-state index contributed by atoms with van der Waals surface area (Å²) in [6.07, 6.45) is 2.44. The third kappa shape index (κ3) is 5.04. The van der Waals surface area contributed by atoms with Crippen LogP contribution in [0.25, 0.3) is 0 Å². The average molecular weight is 242 g/mol. The highest BCUT2D eigenvalue weighted by molar-refractivity contribution is 5.70. The van der Waals surface area contributed by atoms with Crippen molar-refractivity contribution >= 4 is 5.97 Å². The molecular weight excluding hydrogens is 216 g/mol. The van der Waals surface area contributed by atoms with Gasteiger partial charge in [-0.05, 0) is 44.8 Å². The summed E-state index contributed by atoms with van der Waals surface area (Å²) in [5.74, 6) is 0.0294. The van der Waals surface area contributed by atoms with Crippen LogP contribution < -0.4 is 5.32 Å². The monoisotopic (exact) mass is 242 g/mol. The molecule has 1 aliphatic heterocycles. The van der Waals surface area contributed by atoms with Crippen LogP contribution in [0.2, 0.25) is 0 Å². The van der Waals surface area contributed by atoms with E-state index in [0.29, 0.717) is 6.54 Å². The predicted octanol–water partition coefficient (Wildman–Crippen LogP) is 1.27. The number of carboxylic acid groups (broad SMARTS) is 1. The quantitative estimate of drug-likeness (QED) is 0.660. The largest absolute Gasteiger partial charge is 0.481 e. The predicted molar refractivity (Wildman–Crippen MR) is 69.1 cm³/mol. The van der Waals surface area contributed by atoms with Gasteiger partial charge < -0.3 is 15.3 Å². The molecule has 100 valence electrons. The molecule has 17 heavy (non-hydrogen) atoms. The van der Waals surface area contributed by atoms with Crippen LogP contribution in [0.4, 0.5) is 0 Å². The molecule has 0 aromatic rings. The van der Waals surface area contributed by atoms with Crippen molar-refractivity contribution < 1.29 is 9.90 Å². The molecule has 1 saturated heterocycles. The molecule has 0 bridgehead atoms. The van der Waals surface area contributed by atoms with Crippen LogP contribution in [0.15, 0.2) is 0 Å². The van der Waals surface area contributed by atoms with Gasteiger partial charge in [0.25, 0.3) is 0 Å². The van der Waals surface area contributed by atoms with E-state index in [1.807, 2.05) is 13.8 Å². The molecule has 2 atom stereocenters. The van der Waals surface area contributed by atoms with Gasteiger partial charge >= 0.3 is 5.97 Å². The van der Waals surface area contributed by atoms with E-state index in [9.17, 15) is 4.79 Å². The number of aliphatic carboxylic acids is 1. The van der Waals surface area contributed by atoms with Crippen LogP contribution in [-0.4, -0.2) is 49.2 Å². The summed E-state index contributed by atoms with van der Waals surface area (Å²) < 4.78 is 0. The molecule has 1 fully saturated rings. The molecule has 4 nitrogen and oxygen atoms in total. The van der Waals surface area contributed by atoms with Crippen molar-refractivity contribution in [3.05, 3.63) is 0 Å². The lowest BCUT2D eigenvalue weighted by Crippen LogP contribution is -2.33. The van der Waals surface area contributed by atoms with Gasteiger partial charge in [-0.3, -0.25) is 4.79 Å². The smallest absolute Gasteiger partial charge is 0.308 e. The van der Waals surface area contributed by atoms with Crippen LogP contribution in [0, 0.1) is 17.8 Å². The van der Waals surface area contributed by atoms with Crippen molar-refractivity contribution in [1.29, 1.82) is 0 Å². The Morgan fingerprint density at radius 1 is 1.53 bits per heavy atom. The van der Waals surface area contributed by atoms with E-state index in [0.717, 1.165) is 18.9 Å². The van der Waals surface area contributed by atoms with Gasteiger partial charge in [-0.1, -0.05) is 13.8 Å². The molecule has 2 N–H and O–H groups in total. The Bertz CT molecular complexity index is 244. The maximum atomic E-state index is 11.0. The minimum Gasteiger partial charge on any atom is -0.481 e. The molecule has 1 rings (SSSR count). The number of carboxylic acids is 1. The van der Waals surface area contributed by atoms with Crippen LogP contribution in [0.3, 0.4) is 0 Å². The van der Waals surface area contributed by atoms with Crippen molar-refractivity contribution in [2.45, 2.75) is 26.7 Å². The third-order valence-corrected chi connectivity index (χ3v) is 3.70. The zero-order chi connectivity index (χ0) is 12.8. The highest BCUT2D eigenvalue weighted by Crippen LogP contribution is 2.17. The first-order chi connectivity index (χ1) is 8.00. The van der Waals surface area contributed by atoms with E-state index in [1.165, 1.54) is 19.5 Å². The highest BCUT2D eigenvalue weighted by Gasteiger charge is 2.22. The molecule has 2 unspecified atom stereocenters. The Morgan fingerprint density at radius 3 is 2.71 bits per heavy atom. The van der Waals surface area contributed by atoms with E-state index < -0.39 is 5.97 Å². The number of carbonyl (C=O) groups is 1. The lowest BCUT2D eigenvalue weighted by atomic mass is 9.96. The second-order valence-corrected chi connectivity index (χ2v) is 5.60. The van der Waals surface area contributed by atoms with Crippen molar-refractivity contribution in [3.63, 3.8) is 0 Å². The summed E-state index contributed by atoms with van der Waals surface area (Å²) in [5.41, 5.74) is 0. The van der Waals surface area contributed by atoms with Gasteiger partial charge in [0.2, 0.25) is 0 Å². The van der Waals surface area contributed by atoms with Gasteiger partial charge in [0.1, 0.15) is 0 Å². The zero-order valence-corrected chi connectivity index (χ0v) is 11.3. The summed E-state index contributed by atoms with van der Waals surface area (Å²) in [6.45, 7) is 7.85. The van der Waals surface area contributed by atoms with E-state index in [2.05, 4.69) is 17.3 Å². The summed E-state index contributed by atoms with van der Waals surface area (Å²) in [7, 11) is 2.16. The minimum atomic E-state index is -0.687. The number of hydrogen-bond donors (Lipinski definition) is 2. The second kappa shape index (κ2) is 6.97. The lowest BCUT2D eigenvalue weighted by Gasteiger charge is -2.17. The summed E-state index contributed by atoms with van der Waals surface area (Å²) in [5, 5.41) is 12.3. The first kappa shape index (κ1) is 14.5. The standard InChI is InChI=1S/C13H26N2O2/c1-10(2)12(13(16)17)8-14-6-4-11-5-7-15(3)9-11/h10-12,14H,4-9H2,1-3H3,(H,16,17). The maximum Gasteiger partial charge on any atom is 0.308 e. The molecule has 1 aliphatic rings. The number of nitrogens with one attached hydrogen (secondary N) is 1. The van der Waals surface area contributed by atoms with E-state index in [-0.39, 0.29) is 11.8 Å². The first-order valence-corrected chi connectivity index (χ1v) is 6.62. The second-order valence-electron chi connectivity index (χ2n) is 5.60. The number of rotatable bonds is 7. The molecule has 0 amide bonds. The van der Waals surface area contributed by atoms with Gasteiger partial charge in [0, 0.05) is 13.1 Å². The molecule has 0 saturated carbocycles. The molecule has 1 heterocycles. The summed E-state index contributed by atoms with van der Waals surface area (Å²) in [4.78, 5) is 13.3. The number of nitrogens with zero attached hydrogens (tertiary/aromatic N) is 1. The van der Waals surface area contributed by atoms with Crippen molar-refractivity contribution in [1.82, 2.24) is 10.2 Å². The van der Waals surface area contributed by atoms with E-state index in [1.54, 1.807) is 0 Å². The van der Waals surface area contributed by atoms with Crippen LogP contribution >= 0.6 is 0 Å². The third-order valence-electron chi connectivity index (χ3n) is 3.70. The number of hydrogen-bond acceptors (Lipinski definition) is 3. The maximum absolute atomic E-state index is 11.0. The van der Waals surface area contributed by atoms with Gasteiger partial charge in [-0.2, -0.15) is 0 Å². The van der Waals surface area contributed by atoms with Gasteiger partial charge in [-0.25, -0.2) is 0 Å². The van der Waals surface area contributed by atoms with Gasteiger partial charge in [0.15, 0.2) is 0 Å². The Balaban J connectivity index is 2.12. The van der Waals surface area contributed by atoms with Crippen molar-refractivity contribution in [2.75, 3.05) is 33.2 Å². The fourth-order valence-corrected chi connectivity index (χ4v) is 2.43. The molecule has 0 aliphatic carbocycles. The lowest BCUT2D eigenvalue weighted by molar-refractivity contribution is -0.143. The zero-order valence-electron chi connectivity index (χ0n) is 11.3. The molecular formula is C13H26N2O2. The Kier molecular flexibility index (Phi) is 5.92. The van der Waals surface area contributed by atoms with Crippen molar-refractivity contribution in [3.8, 4) is 0 Å². The SMILES string of the molecule is CC(C)C(CNCCC1CCN(C)C1)C(=O)O.